The molecule has 0 bridgehead atoms. The lowest BCUT2D eigenvalue weighted by Gasteiger charge is -2.28. The highest BCUT2D eigenvalue weighted by molar-refractivity contribution is 7.89. The van der Waals surface area contributed by atoms with Crippen molar-refractivity contribution < 1.29 is 12.8 Å². The molecule has 1 N–H and O–H groups in total. The maximum absolute atomic E-state index is 12.5. The lowest BCUT2D eigenvalue weighted by Crippen LogP contribution is -2.37. The van der Waals surface area contributed by atoms with E-state index in [1.165, 1.54) is 12.8 Å². The zero-order valence-corrected chi connectivity index (χ0v) is 12.7. The number of hydrogen-bond donors (Lipinski definition) is 1. The number of nitrogens with one attached hydrogen (secondary N) is 1. The number of nitrogens with zero attached hydrogens (tertiary/aromatic N) is 1. The summed E-state index contributed by atoms with van der Waals surface area (Å²) in [6, 6.07) is 3.93. The Morgan fingerprint density at radius 3 is 2.60 bits per heavy atom. The van der Waals surface area contributed by atoms with Crippen molar-refractivity contribution in [3.63, 3.8) is 0 Å². The quantitative estimate of drug-likeness (QED) is 0.902. The Balaban J connectivity index is 1.67. The lowest BCUT2D eigenvalue weighted by atomic mass is 10.0. The third-order valence-electron chi connectivity index (χ3n) is 4.12. The molecule has 1 saturated heterocycles. The van der Waals surface area contributed by atoms with E-state index in [9.17, 15) is 8.42 Å². The number of furan rings is 1. The highest BCUT2D eigenvalue weighted by atomic mass is 32.2. The molecule has 0 spiro atoms. The van der Waals surface area contributed by atoms with Crippen LogP contribution in [-0.2, 0) is 16.6 Å². The standard InChI is InChI=1S/C14H22N2O3S/c1-11-6-8-16(9-7-11)20(17,18)14-5-4-13(19-14)10-15-12-2-3-12/h4-5,11-12,15H,2-3,6-10H2,1H3. The molecule has 2 fully saturated rings. The number of piperidine rings is 1. The highest BCUT2D eigenvalue weighted by Crippen LogP contribution is 2.25. The van der Waals surface area contributed by atoms with E-state index in [1.807, 2.05) is 0 Å². The van der Waals surface area contributed by atoms with E-state index in [2.05, 4.69) is 12.2 Å². The van der Waals surface area contributed by atoms with E-state index in [1.54, 1.807) is 16.4 Å². The van der Waals surface area contributed by atoms with Crippen molar-refractivity contribution in [3.05, 3.63) is 17.9 Å². The molecular weight excluding hydrogens is 276 g/mol. The largest absolute Gasteiger partial charge is 0.447 e. The van der Waals surface area contributed by atoms with Gasteiger partial charge in [-0.05, 0) is 43.7 Å². The molecule has 0 radical (unpaired) electrons. The molecule has 20 heavy (non-hydrogen) atoms. The van der Waals surface area contributed by atoms with Crippen LogP contribution in [0.4, 0.5) is 0 Å². The Kier molecular flexibility index (Phi) is 3.88. The maximum Gasteiger partial charge on any atom is 0.276 e. The smallest absolute Gasteiger partial charge is 0.276 e. The van der Waals surface area contributed by atoms with Crippen LogP contribution in [0, 0.1) is 5.92 Å². The summed E-state index contributed by atoms with van der Waals surface area (Å²) in [5.41, 5.74) is 0. The van der Waals surface area contributed by atoms with Gasteiger partial charge in [-0.1, -0.05) is 6.92 Å². The first-order valence-corrected chi connectivity index (χ1v) is 8.82. The highest BCUT2D eigenvalue weighted by Gasteiger charge is 2.30. The fourth-order valence-corrected chi connectivity index (χ4v) is 3.88. The molecule has 6 heteroatoms. The molecule has 0 amide bonds. The Labute approximate surface area is 120 Å². The fraction of sp³-hybridized carbons (Fsp3) is 0.714. The SMILES string of the molecule is CC1CCN(S(=O)(=O)c2ccc(CNC3CC3)o2)CC1. The summed E-state index contributed by atoms with van der Waals surface area (Å²) in [5.74, 6) is 1.30. The predicted molar refractivity (Wildman–Crippen MR) is 75.7 cm³/mol. The van der Waals surface area contributed by atoms with Crippen molar-refractivity contribution >= 4 is 10.0 Å². The number of rotatable bonds is 5. The molecule has 0 aromatic carbocycles. The molecule has 2 heterocycles. The minimum Gasteiger partial charge on any atom is -0.447 e. The fourth-order valence-electron chi connectivity index (χ4n) is 2.48. The second-order valence-corrected chi connectivity index (χ2v) is 7.83. The molecule has 1 aliphatic heterocycles. The summed E-state index contributed by atoms with van der Waals surface area (Å²) in [7, 11) is -3.45. The molecular formula is C14H22N2O3S. The normalized spacial score (nSPS) is 22.2. The molecule has 0 atom stereocenters. The van der Waals surface area contributed by atoms with Crippen LogP contribution in [0.2, 0.25) is 0 Å². The van der Waals surface area contributed by atoms with Crippen LogP contribution in [0.15, 0.2) is 21.6 Å². The predicted octanol–water partition coefficient (Wildman–Crippen LogP) is 1.95. The minimum absolute atomic E-state index is 0.0830. The van der Waals surface area contributed by atoms with Gasteiger partial charge in [0.1, 0.15) is 5.76 Å². The van der Waals surface area contributed by atoms with Crippen LogP contribution >= 0.6 is 0 Å². The molecule has 1 aliphatic carbocycles. The summed E-state index contributed by atoms with van der Waals surface area (Å²) in [6.07, 6.45) is 4.27. The van der Waals surface area contributed by atoms with Crippen molar-refractivity contribution in [2.45, 2.75) is 50.3 Å². The first kappa shape index (κ1) is 14.1. The second-order valence-electron chi connectivity index (χ2n) is 5.96. The molecule has 1 aromatic heterocycles. The first-order valence-electron chi connectivity index (χ1n) is 7.38. The molecule has 1 saturated carbocycles. The van der Waals surface area contributed by atoms with E-state index in [4.69, 9.17) is 4.42 Å². The number of hydrogen-bond acceptors (Lipinski definition) is 4. The summed E-state index contributed by atoms with van der Waals surface area (Å²) in [4.78, 5) is 0. The van der Waals surface area contributed by atoms with Gasteiger partial charge in [-0.3, -0.25) is 0 Å². The lowest BCUT2D eigenvalue weighted by molar-refractivity contribution is 0.279. The van der Waals surface area contributed by atoms with Crippen LogP contribution in [0.25, 0.3) is 0 Å². The van der Waals surface area contributed by atoms with Gasteiger partial charge in [0.2, 0.25) is 5.09 Å². The Hall–Kier alpha value is -0.850. The van der Waals surface area contributed by atoms with Crippen molar-refractivity contribution in [1.82, 2.24) is 9.62 Å². The van der Waals surface area contributed by atoms with E-state index in [-0.39, 0.29) is 5.09 Å². The molecule has 3 rings (SSSR count). The van der Waals surface area contributed by atoms with Crippen molar-refractivity contribution in [2.75, 3.05) is 13.1 Å². The van der Waals surface area contributed by atoms with E-state index < -0.39 is 10.0 Å². The minimum atomic E-state index is -3.45. The zero-order valence-electron chi connectivity index (χ0n) is 11.8. The zero-order chi connectivity index (χ0) is 14.2. The van der Waals surface area contributed by atoms with Crippen LogP contribution in [-0.4, -0.2) is 31.9 Å². The maximum atomic E-state index is 12.5. The van der Waals surface area contributed by atoms with Crippen LogP contribution in [0.5, 0.6) is 0 Å². The van der Waals surface area contributed by atoms with E-state index in [0.29, 0.717) is 37.4 Å². The van der Waals surface area contributed by atoms with Crippen LogP contribution in [0.1, 0.15) is 38.4 Å². The Bertz CT molecular complexity index is 555. The summed E-state index contributed by atoms with van der Waals surface area (Å²) >= 11 is 0. The first-order chi connectivity index (χ1) is 9.55. The van der Waals surface area contributed by atoms with Gasteiger partial charge in [-0.25, -0.2) is 8.42 Å². The van der Waals surface area contributed by atoms with Gasteiger partial charge in [-0.15, -0.1) is 0 Å². The molecule has 1 aromatic rings. The summed E-state index contributed by atoms with van der Waals surface area (Å²) in [6.45, 7) is 3.97. The van der Waals surface area contributed by atoms with E-state index in [0.717, 1.165) is 12.8 Å². The Morgan fingerprint density at radius 1 is 1.25 bits per heavy atom. The van der Waals surface area contributed by atoms with Gasteiger partial charge in [0.15, 0.2) is 0 Å². The van der Waals surface area contributed by atoms with Crippen molar-refractivity contribution in [1.29, 1.82) is 0 Å². The topological polar surface area (TPSA) is 62.6 Å². The van der Waals surface area contributed by atoms with Crippen molar-refractivity contribution in [3.8, 4) is 0 Å². The van der Waals surface area contributed by atoms with Gasteiger partial charge < -0.3 is 9.73 Å². The average Bonchev–Trinajstić information content (AvgIpc) is 3.13. The molecule has 0 unspecified atom stereocenters. The molecule has 2 aliphatic rings. The van der Waals surface area contributed by atoms with Crippen LogP contribution < -0.4 is 5.32 Å². The van der Waals surface area contributed by atoms with Gasteiger partial charge >= 0.3 is 0 Å². The molecule has 5 nitrogen and oxygen atoms in total. The second kappa shape index (κ2) is 5.50. The van der Waals surface area contributed by atoms with Gasteiger partial charge in [0, 0.05) is 19.1 Å². The Morgan fingerprint density at radius 2 is 1.95 bits per heavy atom. The average molecular weight is 298 g/mol. The third-order valence-corrected chi connectivity index (χ3v) is 5.89. The van der Waals surface area contributed by atoms with Crippen LogP contribution in [0.3, 0.4) is 0 Å². The van der Waals surface area contributed by atoms with Gasteiger partial charge in [0.25, 0.3) is 10.0 Å². The summed E-state index contributed by atoms with van der Waals surface area (Å²) < 4.78 is 32.0. The summed E-state index contributed by atoms with van der Waals surface area (Å²) in [5, 5.41) is 3.40. The molecule has 112 valence electrons. The van der Waals surface area contributed by atoms with Gasteiger partial charge in [0.05, 0.1) is 6.54 Å². The van der Waals surface area contributed by atoms with E-state index >= 15 is 0 Å². The van der Waals surface area contributed by atoms with Gasteiger partial charge in [-0.2, -0.15) is 4.31 Å². The third kappa shape index (κ3) is 3.07. The number of sulfonamides is 1. The monoisotopic (exact) mass is 298 g/mol. The van der Waals surface area contributed by atoms with Crippen molar-refractivity contribution in [2.24, 2.45) is 5.92 Å².